The van der Waals surface area contributed by atoms with Crippen molar-refractivity contribution in [2.45, 2.75) is 38.8 Å². The van der Waals surface area contributed by atoms with Gasteiger partial charge in [-0.2, -0.15) is 0 Å². The van der Waals surface area contributed by atoms with Crippen molar-refractivity contribution in [1.29, 1.82) is 0 Å². The monoisotopic (exact) mass is 263 g/mol. The molecular weight excluding hydrogens is 238 g/mol. The van der Waals surface area contributed by atoms with Crippen molar-refractivity contribution in [3.05, 3.63) is 29.8 Å². The average Bonchev–Trinajstić information content (AvgIpc) is 2.37. The van der Waals surface area contributed by atoms with Gasteiger partial charge in [0.25, 0.3) is 0 Å². The van der Waals surface area contributed by atoms with E-state index in [2.05, 4.69) is 12.2 Å². The van der Waals surface area contributed by atoms with Gasteiger partial charge in [0.05, 0.1) is 0 Å². The maximum atomic E-state index is 11.7. The Morgan fingerprint density at radius 3 is 2.47 bits per heavy atom. The largest absolute Gasteiger partial charge is 0.378 e. The number of benzene rings is 1. The average molecular weight is 263 g/mol. The van der Waals surface area contributed by atoms with Crippen LogP contribution in [0.25, 0.3) is 0 Å². The molecule has 3 N–H and O–H groups in total. The highest BCUT2D eigenvalue weighted by atomic mass is 16.1. The van der Waals surface area contributed by atoms with Crippen LogP contribution < -0.4 is 16.0 Å². The van der Waals surface area contributed by atoms with Gasteiger partial charge in [0.2, 0.25) is 5.91 Å². The lowest BCUT2D eigenvalue weighted by molar-refractivity contribution is -0.121. The molecule has 0 aliphatic rings. The van der Waals surface area contributed by atoms with E-state index in [4.69, 9.17) is 5.73 Å². The standard InChI is InChI=1S/C15H25N3O/c1-4-5-13(16)10-15(19)17-11-12-6-8-14(9-7-12)18(2)3/h6-9,13H,4-5,10-11,16H2,1-3H3,(H,17,19). The molecule has 0 fully saturated rings. The van der Waals surface area contributed by atoms with E-state index in [0.29, 0.717) is 13.0 Å². The lowest BCUT2D eigenvalue weighted by Crippen LogP contribution is -2.31. The molecule has 0 bridgehead atoms. The molecule has 0 saturated carbocycles. The molecule has 1 aromatic rings. The third-order valence-electron chi connectivity index (χ3n) is 3.05. The molecule has 106 valence electrons. The SMILES string of the molecule is CCCC(N)CC(=O)NCc1ccc(N(C)C)cc1. The molecular formula is C15H25N3O. The van der Waals surface area contributed by atoms with Gasteiger partial charge in [-0.1, -0.05) is 25.5 Å². The molecule has 1 amide bonds. The van der Waals surface area contributed by atoms with Crippen molar-refractivity contribution in [2.24, 2.45) is 5.73 Å². The van der Waals surface area contributed by atoms with Gasteiger partial charge in [0.15, 0.2) is 0 Å². The number of nitrogens with two attached hydrogens (primary N) is 1. The zero-order chi connectivity index (χ0) is 14.3. The van der Waals surface area contributed by atoms with Gasteiger partial charge in [-0.3, -0.25) is 4.79 Å². The Morgan fingerprint density at radius 2 is 1.95 bits per heavy atom. The summed E-state index contributed by atoms with van der Waals surface area (Å²) < 4.78 is 0. The van der Waals surface area contributed by atoms with Gasteiger partial charge >= 0.3 is 0 Å². The highest BCUT2D eigenvalue weighted by molar-refractivity contribution is 5.76. The zero-order valence-electron chi connectivity index (χ0n) is 12.1. The molecule has 0 aliphatic carbocycles. The summed E-state index contributed by atoms with van der Waals surface area (Å²) in [5.74, 6) is 0.0256. The Morgan fingerprint density at radius 1 is 1.32 bits per heavy atom. The van der Waals surface area contributed by atoms with Crippen molar-refractivity contribution in [3.8, 4) is 0 Å². The molecule has 0 saturated heterocycles. The van der Waals surface area contributed by atoms with E-state index >= 15 is 0 Å². The second kappa shape index (κ2) is 7.79. The first-order valence-electron chi connectivity index (χ1n) is 6.81. The highest BCUT2D eigenvalue weighted by Gasteiger charge is 2.08. The van der Waals surface area contributed by atoms with E-state index in [-0.39, 0.29) is 11.9 Å². The molecule has 0 spiro atoms. The van der Waals surface area contributed by atoms with Crippen molar-refractivity contribution in [2.75, 3.05) is 19.0 Å². The van der Waals surface area contributed by atoms with E-state index in [9.17, 15) is 4.79 Å². The number of carbonyl (C=O) groups excluding carboxylic acids is 1. The van der Waals surface area contributed by atoms with E-state index in [1.54, 1.807) is 0 Å². The van der Waals surface area contributed by atoms with E-state index in [1.165, 1.54) is 0 Å². The quantitative estimate of drug-likeness (QED) is 0.790. The minimum Gasteiger partial charge on any atom is -0.378 e. The fraction of sp³-hybridized carbons (Fsp3) is 0.533. The minimum absolute atomic E-state index is 0.0256. The van der Waals surface area contributed by atoms with Crippen LogP contribution in [0.1, 0.15) is 31.7 Å². The van der Waals surface area contributed by atoms with Crippen LogP contribution in [0.3, 0.4) is 0 Å². The number of amides is 1. The topological polar surface area (TPSA) is 58.4 Å². The van der Waals surface area contributed by atoms with Crippen molar-refractivity contribution >= 4 is 11.6 Å². The molecule has 0 heterocycles. The fourth-order valence-electron chi connectivity index (χ4n) is 1.90. The summed E-state index contributed by atoms with van der Waals surface area (Å²) in [6.45, 7) is 2.63. The molecule has 1 rings (SSSR count). The number of nitrogens with zero attached hydrogens (tertiary/aromatic N) is 1. The number of hydrogen-bond acceptors (Lipinski definition) is 3. The Kier molecular flexibility index (Phi) is 6.36. The van der Waals surface area contributed by atoms with E-state index in [0.717, 1.165) is 24.1 Å². The van der Waals surface area contributed by atoms with E-state index < -0.39 is 0 Å². The number of nitrogens with one attached hydrogen (secondary N) is 1. The summed E-state index contributed by atoms with van der Waals surface area (Å²) >= 11 is 0. The Balaban J connectivity index is 2.37. The Hall–Kier alpha value is -1.55. The van der Waals surface area contributed by atoms with Gasteiger partial charge in [-0.25, -0.2) is 0 Å². The molecule has 1 aromatic carbocycles. The minimum atomic E-state index is -0.0267. The lowest BCUT2D eigenvalue weighted by Gasteiger charge is -2.13. The first-order valence-corrected chi connectivity index (χ1v) is 6.81. The Labute approximate surface area is 116 Å². The van der Waals surface area contributed by atoms with E-state index in [1.807, 2.05) is 43.3 Å². The molecule has 4 heteroatoms. The first kappa shape index (κ1) is 15.5. The summed E-state index contributed by atoms with van der Waals surface area (Å²) in [4.78, 5) is 13.7. The summed E-state index contributed by atoms with van der Waals surface area (Å²) in [6.07, 6.45) is 2.31. The maximum absolute atomic E-state index is 11.7. The van der Waals surface area contributed by atoms with Gasteiger partial charge in [-0.05, 0) is 24.1 Å². The number of rotatable bonds is 7. The normalized spacial score (nSPS) is 12.0. The molecule has 0 aliphatic heterocycles. The number of hydrogen-bond donors (Lipinski definition) is 2. The zero-order valence-corrected chi connectivity index (χ0v) is 12.1. The van der Waals surface area contributed by atoms with Crippen LogP contribution in [0.2, 0.25) is 0 Å². The predicted octanol–water partition coefficient (Wildman–Crippen LogP) is 1.89. The molecule has 19 heavy (non-hydrogen) atoms. The Bertz CT molecular complexity index is 387. The van der Waals surface area contributed by atoms with Gasteiger partial charge in [-0.15, -0.1) is 0 Å². The fourth-order valence-corrected chi connectivity index (χ4v) is 1.90. The van der Waals surface area contributed by atoms with Crippen LogP contribution in [0, 0.1) is 0 Å². The maximum Gasteiger partial charge on any atom is 0.221 e. The molecule has 1 atom stereocenters. The lowest BCUT2D eigenvalue weighted by atomic mass is 10.1. The van der Waals surface area contributed by atoms with Crippen LogP contribution >= 0.6 is 0 Å². The van der Waals surface area contributed by atoms with Crippen LogP contribution in [0.5, 0.6) is 0 Å². The summed E-state index contributed by atoms with van der Waals surface area (Å²) in [5, 5.41) is 2.90. The molecule has 0 radical (unpaired) electrons. The van der Waals surface area contributed by atoms with Crippen molar-refractivity contribution < 1.29 is 4.79 Å². The van der Waals surface area contributed by atoms with Crippen LogP contribution in [-0.2, 0) is 11.3 Å². The van der Waals surface area contributed by atoms with Gasteiger partial charge < -0.3 is 16.0 Å². The van der Waals surface area contributed by atoms with Gasteiger partial charge in [0.1, 0.15) is 0 Å². The first-order chi connectivity index (χ1) is 9.02. The molecule has 4 nitrogen and oxygen atoms in total. The third-order valence-corrected chi connectivity index (χ3v) is 3.05. The number of anilines is 1. The smallest absolute Gasteiger partial charge is 0.221 e. The number of carbonyl (C=O) groups is 1. The molecule has 0 aromatic heterocycles. The summed E-state index contributed by atoms with van der Waals surface area (Å²) in [7, 11) is 4.01. The van der Waals surface area contributed by atoms with Gasteiger partial charge in [0, 0.05) is 38.8 Å². The summed E-state index contributed by atoms with van der Waals surface area (Å²) in [5.41, 5.74) is 8.09. The second-order valence-electron chi connectivity index (χ2n) is 5.09. The molecule has 1 unspecified atom stereocenters. The highest BCUT2D eigenvalue weighted by Crippen LogP contribution is 2.12. The second-order valence-corrected chi connectivity index (χ2v) is 5.09. The summed E-state index contributed by atoms with van der Waals surface area (Å²) in [6, 6.07) is 8.12. The van der Waals surface area contributed by atoms with Crippen LogP contribution in [0.15, 0.2) is 24.3 Å². The van der Waals surface area contributed by atoms with Crippen molar-refractivity contribution in [3.63, 3.8) is 0 Å². The van der Waals surface area contributed by atoms with Crippen LogP contribution in [-0.4, -0.2) is 26.0 Å². The predicted molar refractivity (Wildman–Crippen MR) is 80.1 cm³/mol. The third kappa shape index (κ3) is 5.75. The van der Waals surface area contributed by atoms with Crippen LogP contribution in [0.4, 0.5) is 5.69 Å². The van der Waals surface area contributed by atoms with Crippen molar-refractivity contribution in [1.82, 2.24) is 5.32 Å².